The van der Waals surface area contributed by atoms with Crippen molar-refractivity contribution in [1.82, 2.24) is 19.5 Å². The standard InChI is InChI=1S/C19H26N6O.CH4/c1-4-15(11-26)22-19-23-17(20-10-14-8-6-5-7-9-14)16-18(24-19)25(12-21-16)13(2)3;/h5-9,12-13,15,26H,4,10-11H2,1-3H3,(H2,20,22,23,24);1H4/t15-;/m1./s1. The van der Waals surface area contributed by atoms with Crippen LogP contribution in [0.15, 0.2) is 36.7 Å². The Morgan fingerprint density at radius 3 is 2.52 bits per heavy atom. The minimum Gasteiger partial charge on any atom is -0.394 e. The molecule has 0 spiro atoms. The third-order valence-electron chi connectivity index (χ3n) is 4.33. The number of nitrogens with one attached hydrogen (secondary N) is 2. The van der Waals surface area contributed by atoms with Crippen LogP contribution in [-0.2, 0) is 6.54 Å². The molecule has 0 aliphatic rings. The van der Waals surface area contributed by atoms with Crippen molar-refractivity contribution in [2.75, 3.05) is 17.2 Å². The van der Waals surface area contributed by atoms with E-state index in [1.165, 1.54) is 5.56 Å². The molecule has 3 aromatic rings. The SMILES string of the molecule is C.CC[C@H](CO)Nc1nc(NCc2ccccc2)c2ncn(C(C)C)c2n1. The molecule has 7 heteroatoms. The third-order valence-corrected chi connectivity index (χ3v) is 4.33. The van der Waals surface area contributed by atoms with E-state index in [0.29, 0.717) is 18.3 Å². The fourth-order valence-electron chi connectivity index (χ4n) is 2.72. The Morgan fingerprint density at radius 1 is 1.15 bits per heavy atom. The first kappa shape index (κ1) is 20.6. The van der Waals surface area contributed by atoms with Gasteiger partial charge in [0, 0.05) is 12.6 Å². The molecule has 0 saturated carbocycles. The van der Waals surface area contributed by atoms with E-state index >= 15 is 0 Å². The highest BCUT2D eigenvalue weighted by Gasteiger charge is 2.16. The van der Waals surface area contributed by atoms with Gasteiger partial charge in [0.05, 0.1) is 19.0 Å². The summed E-state index contributed by atoms with van der Waals surface area (Å²) in [6.45, 7) is 6.89. The summed E-state index contributed by atoms with van der Waals surface area (Å²) in [7, 11) is 0. The van der Waals surface area contributed by atoms with Crippen LogP contribution in [0.3, 0.4) is 0 Å². The van der Waals surface area contributed by atoms with Crippen molar-refractivity contribution in [2.24, 2.45) is 0 Å². The Balaban J connectivity index is 0.00000261. The number of benzene rings is 1. The topological polar surface area (TPSA) is 87.9 Å². The molecule has 0 bridgehead atoms. The molecule has 2 heterocycles. The maximum absolute atomic E-state index is 9.47. The highest BCUT2D eigenvalue weighted by atomic mass is 16.3. The van der Waals surface area contributed by atoms with Gasteiger partial charge in [-0.25, -0.2) is 4.98 Å². The molecule has 146 valence electrons. The highest BCUT2D eigenvalue weighted by Crippen LogP contribution is 2.24. The van der Waals surface area contributed by atoms with Crippen LogP contribution in [0.2, 0.25) is 0 Å². The fraction of sp³-hybridized carbons (Fsp3) is 0.450. The molecule has 3 rings (SSSR count). The van der Waals surface area contributed by atoms with E-state index in [1.54, 1.807) is 6.33 Å². The lowest BCUT2D eigenvalue weighted by Crippen LogP contribution is -2.24. The second-order valence-electron chi connectivity index (χ2n) is 6.58. The first-order valence-corrected chi connectivity index (χ1v) is 9.02. The number of hydrogen-bond acceptors (Lipinski definition) is 6. The van der Waals surface area contributed by atoms with Gasteiger partial charge in [-0.2, -0.15) is 9.97 Å². The minimum absolute atomic E-state index is 0. The zero-order valence-corrected chi connectivity index (χ0v) is 15.5. The van der Waals surface area contributed by atoms with Gasteiger partial charge in [-0.3, -0.25) is 0 Å². The van der Waals surface area contributed by atoms with Crippen molar-refractivity contribution in [3.63, 3.8) is 0 Å². The molecule has 0 aliphatic carbocycles. The van der Waals surface area contributed by atoms with Gasteiger partial charge in [0.25, 0.3) is 0 Å². The lowest BCUT2D eigenvalue weighted by Gasteiger charge is -2.16. The van der Waals surface area contributed by atoms with Gasteiger partial charge in [0.15, 0.2) is 17.0 Å². The zero-order chi connectivity index (χ0) is 18.5. The third kappa shape index (κ3) is 4.74. The van der Waals surface area contributed by atoms with Crippen molar-refractivity contribution in [1.29, 1.82) is 0 Å². The molecule has 7 nitrogen and oxygen atoms in total. The van der Waals surface area contributed by atoms with Crippen LogP contribution in [0.25, 0.3) is 11.2 Å². The lowest BCUT2D eigenvalue weighted by molar-refractivity contribution is 0.271. The number of aliphatic hydroxyl groups is 1. The second-order valence-corrected chi connectivity index (χ2v) is 6.58. The number of fused-ring (bicyclic) bond motifs is 1. The summed E-state index contributed by atoms with van der Waals surface area (Å²) in [6.07, 6.45) is 2.58. The van der Waals surface area contributed by atoms with Gasteiger partial charge in [-0.1, -0.05) is 44.7 Å². The number of nitrogens with zero attached hydrogens (tertiary/aromatic N) is 4. The molecule has 0 amide bonds. The summed E-state index contributed by atoms with van der Waals surface area (Å²) in [5.74, 6) is 1.19. The molecule has 2 aromatic heterocycles. The summed E-state index contributed by atoms with van der Waals surface area (Å²) in [6, 6.07) is 10.3. The first-order valence-electron chi connectivity index (χ1n) is 9.02. The Kier molecular flexibility index (Phi) is 7.12. The van der Waals surface area contributed by atoms with E-state index in [9.17, 15) is 5.11 Å². The van der Waals surface area contributed by atoms with Crippen LogP contribution in [0.5, 0.6) is 0 Å². The van der Waals surface area contributed by atoms with Crippen LogP contribution in [0, 0.1) is 0 Å². The molecule has 1 aromatic carbocycles. The van der Waals surface area contributed by atoms with Crippen LogP contribution >= 0.6 is 0 Å². The van der Waals surface area contributed by atoms with Crippen molar-refractivity contribution >= 4 is 22.9 Å². The molecule has 0 fully saturated rings. The Morgan fingerprint density at radius 2 is 1.89 bits per heavy atom. The van der Waals surface area contributed by atoms with Crippen molar-refractivity contribution in [2.45, 2.75) is 53.2 Å². The van der Waals surface area contributed by atoms with Crippen molar-refractivity contribution < 1.29 is 5.11 Å². The predicted octanol–water partition coefficient (Wildman–Crippen LogP) is 3.84. The quantitative estimate of drug-likeness (QED) is 0.558. The second kappa shape index (κ2) is 9.32. The Hall–Kier alpha value is -2.67. The van der Waals surface area contributed by atoms with Crippen LogP contribution in [0.4, 0.5) is 11.8 Å². The summed E-state index contributed by atoms with van der Waals surface area (Å²) < 4.78 is 2.02. The lowest BCUT2D eigenvalue weighted by atomic mass is 10.2. The molecule has 27 heavy (non-hydrogen) atoms. The van der Waals surface area contributed by atoms with Gasteiger partial charge in [0.2, 0.25) is 5.95 Å². The Bertz CT molecular complexity index is 842. The van der Waals surface area contributed by atoms with Gasteiger partial charge in [0.1, 0.15) is 0 Å². The summed E-state index contributed by atoms with van der Waals surface area (Å²) in [5, 5.41) is 16.1. The average molecular weight is 371 g/mol. The number of anilines is 2. The molecular weight excluding hydrogens is 340 g/mol. The van der Waals surface area contributed by atoms with Crippen LogP contribution in [-0.4, -0.2) is 37.3 Å². The molecule has 0 unspecified atom stereocenters. The van der Waals surface area contributed by atoms with Gasteiger partial charge >= 0.3 is 0 Å². The van der Waals surface area contributed by atoms with E-state index in [4.69, 9.17) is 0 Å². The molecule has 3 N–H and O–H groups in total. The van der Waals surface area contributed by atoms with Crippen molar-refractivity contribution in [3.8, 4) is 0 Å². The van der Waals surface area contributed by atoms with Gasteiger partial charge < -0.3 is 20.3 Å². The summed E-state index contributed by atoms with van der Waals surface area (Å²) >= 11 is 0. The summed E-state index contributed by atoms with van der Waals surface area (Å²) in [5.41, 5.74) is 2.69. The number of rotatable bonds is 8. The van der Waals surface area contributed by atoms with Crippen LogP contribution < -0.4 is 10.6 Å². The van der Waals surface area contributed by atoms with Crippen molar-refractivity contribution in [3.05, 3.63) is 42.2 Å². The molecule has 0 aliphatic heterocycles. The maximum Gasteiger partial charge on any atom is 0.227 e. The number of hydrogen-bond donors (Lipinski definition) is 3. The largest absolute Gasteiger partial charge is 0.394 e. The summed E-state index contributed by atoms with van der Waals surface area (Å²) in [4.78, 5) is 13.8. The number of aromatic nitrogens is 4. The van der Waals surface area contributed by atoms with E-state index in [-0.39, 0.29) is 26.1 Å². The Labute approximate surface area is 160 Å². The number of aliphatic hydroxyl groups excluding tert-OH is 1. The predicted molar refractivity (Wildman–Crippen MR) is 111 cm³/mol. The van der Waals surface area contributed by atoms with E-state index in [2.05, 4.69) is 51.6 Å². The zero-order valence-electron chi connectivity index (χ0n) is 15.5. The molecule has 0 saturated heterocycles. The fourth-order valence-corrected chi connectivity index (χ4v) is 2.72. The van der Waals surface area contributed by atoms with E-state index in [1.807, 2.05) is 29.7 Å². The average Bonchev–Trinajstić information content (AvgIpc) is 3.09. The monoisotopic (exact) mass is 370 g/mol. The molecule has 0 radical (unpaired) electrons. The number of imidazole rings is 1. The minimum atomic E-state index is -0.0788. The molecular formula is C20H30N6O. The first-order chi connectivity index (χ1) is 12.6. The van der Waals surface area contributed by atoms with E-state index in [0.717, 1.165) is 17.6 Å². The van der Waals surface area contributed by atoms with Gasteiger partial charge in [-0.15, -0.1) is 0 Å². The van der Waals surface area contributed by atoms with Gasteiger partial charge in [-0.05, 0) is 25.8 Å². The van der Waals surface area contributed by atoms with Crippen LogP contribution in [0.1, 0.15) is 46.2 Å². The normalized spacial score (nSPS) is 12.0. The van der Waals surface area contributed by atoms with E-state index < -0.39 is 0 Å². The smallest absolute Gasteiger partial charge is 0.227 e. The maximum atomic E-state index is 9.47. The molecule has 1 atom stereocenters. The highest BCUT2D eigenvalue weighted by molar-refractivity contribution is 5.84.